The van der Waals surface area contributed by atoms with E-state index < -0.39 is 12.1 Å². The van der Waals surface area contributed by atoms with E-state index in [-0.39, 0.29) is 0 Å². The maximum absolute atomic E-state index is 10.7. The van der Waals surface area contributed by atoms with Crippen molar-refractivity contribution in [3.8, 4) is 5.75 Å². The molecule has 5 nitrogen and oxygen atoms in total. The molecule has 0 heterocycles. The van der Waals surface area contributed by atoms with E-state index >= 15 is 0 Å². The number of ether oxygens (including phenoxy) is 1. The first-order chi connectivity index (χ1) is 7.93. The second-order valence-electron chi connectivity index (χ2n) is 4.09. The summed E-state index contributed by atoms with van der Waals surface area (Å²) in [5.41, 5.74) is 1.22. The Hall–Kier alpha value is -1.59. The summed E-state index contributed by atoms with van der Waals surface area (Å²) in [7, 11) is 5.32. The summed E-state index contributed by atoms with van der Waals surface area (Å²) in [6.45, 7) is 0.649. The van der Waals surface area contributed by atoms with Crippen LogP contribution in [0.1, 0.15) is 17.2 Å². The third-order valence-electron chi connectivity index (χ3n) is 2.27. The van der Waals surface area contributed by atoms with Gasteiger partial charge < -0.3 is 19.8 Å². The quantitative estimate of drug-likeness (QED) is 0.798. The van der Waals surface area contributed by atoms with E-state index in [1.54, 1.807) is 6.07 Å². The number of carbonyl (C=O) groups is 1. The summed E-state index contributed by atoms with van der Waals surface area (Å²) in [5, 5.41) is 18.3. The summed E-state index contributed by atoms with van der Waals surface area (Å²) < 4.78 is 5.08. The lowest BCUT2D eigenvalue weighted by Gasteiger charge is -2.14. The molecule has 94 valence electrons. The molecule has 1 atom stereocenters. The van der Waals surface area contributed by atoms with Crippen LogP contribution in [-0.4, -0.2) is 42.3 Å². The lowest BCUT2D eigenvalue weighted by molar-refractivity contribution is -0.146. The maximum Gasteiger partial charge on any atom is 0.337 e. The lowest BCUT2D eigenvalue weighted by atomic mass is 10.0. The average molecular weight is 239 g/mol. The number of aliphatic hydroxyl groups is 1. The van der Waals surface area contributed by atoms with Crippen LogP contribution in [0, 0.1) is 0 Å². The van der Waals surface area contributed by atoms with Crippen LogP contribution in [0.2, 0.25) is 0 Å². The fourth-order valence-electron chi connectivity index (χ4n) is 1.56. The Balaban J connectivity index is 3.08. The normalized spacial score (nSPS) is 12.5. The average Bonchev–Trinajstić information content (AvgIpc) is 2.26. The minimum atomic E-state index is -1.52. The third-order valence-corrected chi connectivity index (χ3v) is 2.27. The summed E-state index contributed by atoms with van der Waals surface area (Å²) in [5.74, 6) is -0.728. The molecule has 2 N–H and O–H groups in total. The number of rotatable bonds is 5. The van der Waals surface area contributed by atoms with Crippen LogP contribution in [0.4, 0.5) is 0 Å². The molecule has 0 aliphatic carbocycles. The zero-order chi connectivity index (χ0) is 13.0. The zero-order valence-corrected chi connectivity index (χ0v) is 10.2. The molecular weight excluding hydrogens is 222 g/mol. The largest absolute Gasteiger partial charge is 0.497 e. The molecule has 0 saturated carbocycles. The van der Waals surface area contributed by atoms with Gasteiger partial charge in [0.2, 0.25) is 0 Å². The highest BCUT2D eigenvalue weighted by molar-refractivity contribution is 5.74. The standard InChI is InChI=1S/C12H17NO4/c1-13(2)7-8-4-9(11(14)12(15)16)6-10(5-8)17-3/h4-6,11,14H,7H2,1-3H3,(H,15,16). The maximum atomic E-state index is 10.7. The Bertz CT molecular complexity index is 403. The van der Waals surface area contributed by atoms with E-state index in [4.69, 9.17) is 9.84 Å². The van der Waals surface area contributed by atoms with E-state index in [1.807, 2.05) is 25.1 Å². The Morgan fingerprint density at radius 2 is 2.06 bits per heavy atom. The summed E-state index contributed by atoms with van der Waals surface area (Å²) in [4.78, 5) is 12.7. The van der Waals surface area contributed by atoms with E-state index in [0.717, 1.165) is 5.56 Å². The zero-order valence-electron chi connectivity index (χ0n) is 10.2. The number of aliphatic carboxylic acids is 1. The van der Waals surface area contributed by atoms with Crippen molar-refractivity contribution in [3.63, 3.8) is 0 Å². The van der Waals surface area contributed by atoms with Gasteiger partial charge >= 0.3 is 5.97 Å². The van der Waals surface area contributed by atoms with Gasteiger partial charge in [-0.05, 0) is 37.4 Å². The van der Waals surface area contributed by atoms with Crippen molar-refractivity contribution in [3.05, 3.63) is 29.3 Å². The number of benzene rings is 1. The number of carboxylic acids is 1. The lowest BCUT2D eigenvalue weighted by Crippen LogP contribution is -2.13. The van der Waals surface area contributed by atoms with Crippen molar-refractivity contribution in [1.82, 2.24) is 4.90 Å². The number of methoxy groups -OCH3 is 1. The van der Waals surface area contributed by atoms with Gasteiger partial charge in [-0.1, -0.05) is 6.07 Å². The van der Waals surface area contributed by atoms with E-state index in [0.29, 0.717) is 17.9 Å². The molecule has 17 heavy (non-hydrogen) atoms. The fourth-order valence-corrected chi connectivity index (χ4v) is 1.56. The van der Waals surface area contributed by atoms with E-state index in [2.05, 4.69) is 0 Å². The van der Waals surface area contributed by atoms with Crippen molar-refractivity contribution in [2.45, 2.75) is 12.6 Å². The predicted octanol–water partition coefficient (Wildman–Crippen LogP) is 0.875. The van der Waals surface area contributed by atoms with Crippen molar-refractivity contribution < 1.29 is 19.7 Å². The first-order valence-electron chi connectivity index (χ1n) is 5.17. The highest BCUT2D eigenvalue weighted by atomic mass is 16.5. The van der Waals surface area contributed by atoms with Crippen molar-refractivity contribution >= 4 is 5.97 Å². The molecule has 0 aliphatic heterocycles. The molecule has 1 aromatic carbocycles. The van der Waals surface area contributed by atoms with E-state index in [9.17, 15) is 9.90 Å². The number of hydrogen-bond donors (Lipinski definition) is 2. The van der Waals surface area contributed by atoms with Gasteiger partial charge in [-0.15, -0.1) is 0 Å². The van der Waals surface area contributed by atoms with E-state index in [1.165, 1.54) is 13.2 Å². The van der Waals surface area contributed by atoms with Crippen LogP contribution < -0.4 is 4.74 Å². The molecule has 0 amide bonds. The molecule has 0 fully saturated rings. The minimum absolute atomic E-state index is 0.328. The molecule has 0 radical (unpaired) electrons. The molecule has 0 spiro atoms. The summed E-state index contributed by atoms with van der Waals surface area (Å²) >= 11 is 0. The second-order valence-corrected chi connectivity index (χ2v) is 4.09. The SMILES string of the molecule is COc1cc(CN(C)C)cc(C(O)C(=O)O)c1. The van der Waals surface area contributed by atoms with Crippen LogP contribution in [-0.2, 0) is 11.3 Å². The Kier molecular flexibility index (Phi) is 4.48. The summed E-state index contributed by atoms with van der Waals surface area (Å²) in [6.07, 6.45) is -1.52. The number of nitrogens with zero attached hydrogens (tertiary/aromatic N) is 1. The molecule has 1 aromatic rings. The minimum Gasteiger partial charge on any atom is -0.497 e. The Morgan fingerprint density at radius 1 is 1.41 bits per heavy atom. The smallest absolute Gasteiger partial charge is 0.337 e. The first-order valence-corrected chi connectivity index (χ1v) is 5.17. The molecule has 0 saturated heterocycles. The Labute approximate surface area is 100 Å². The van der Waals surface area contributed by atoms with Gasteiger partial charge in [-0.25, -0.2) is 4.79 Å². The van der Waals surface area contributed by atoms with Gasteiger partial charge in [0.1, 0.15) is 5.75 Å². The van der Waals surface area contributed by atoms with Gasteiger partial charge in [-0.2, -0.15) is 0 Å². The number of carboxylic acid groups (broad SMARTS) is 1. The van der Waals surface area contributed by atoms with Crippen LogP contribution in [0.25, 0.3) is 0 Å². The molecule has 1 rings (SSSR count). The Morgan fingerprint density at radius 3 is 2.53 bits per heavy atom. The number of aliphatic hydroxyl groups excluding tert-OH is 1. The monoisotopic (exact) mass is 239 g/mol. The van der Waals surface area contributed by atoms with Crippen molar-refractivity contribution in [1.29, 1.82) is 0 Å². The van der Waals surface area contributed by atoms with Crippen LogP contribution in [0.3, 0.4) is 0 Å². The van der Waals surface area contributed by atoms with Gasteiger partial charge in [0.05, 0.1) is 7.11 Å². The number of hydrogen-bond acceptors (Lipinski definition) is 4. The molecular formula is C12H17NO4. The summed E-state index contributed by atoms with van der Waals surface area (Å²) in [6, 6.07) is 5.01. The predicted molar refractivity (Wildman–Crippen MR) is 63.0 cm³/mol. The van der Waals surface area contributed by atoms with Gasteiger partial charge in [0, 0.05) is 6.54 Å². The molecule has 5 heteroatoms. The van der Waals surface area contributed by atoms with Gasteiger partial charge in [0.25, 0.3) is 0 Å². The molecule has 0 bridgehead atoms. The van der Waals surface area contributed by atoms with Gasteiger partial charge in [-0.3, -0.25) is 0 Å². The van der Waals surface area contributed by atoms with Crippen LogP contribution in [0.15, 0.2) is 18.2 Å². The van der Waals surface area contributed by atoms with Crippen LogP contribution >= 0.6 is 0 Å². The van der Waals surface area contributed by atoms with Gasteiger partial charge in [0.15, 0.2) is 6.10 Å². The molecule has 1 unspecified atom stereocenters. The molecule has 0 aromatic heterocycles. The third kappa shape index (κ3) is 3.72. The second kappa shape index (κ2) is 5.65. The van der Waals surface area contributed by atoms with Crippen molar-refractivity contribution in [2.24, 2.45) is 0 Å². The highest BCUT2D eigenvalue weighted by Crippen LogP contribution is 2.23. The first kappa shape index (κ1) is 13.5. The molecule has 0 aliphatic rings. The fraction of sp³-hybridized carbons (Fsp3) is 0.417. The van der Waals surface area contributed by atoms with Crippen molar-refractivity contribution in [2.75, 3.05) is 21.2 Å². The highest BCUT2D eigenvalue weighted by Gasteiger charge is 2.17. The van der Waals surface area contributed by atoms with Crippen LogP contribution in [0.5, 0.6) is 5.75 Å². The topological polar surface area (TPSA) is 70.0 Å².